The van der Waals surface area contributed by atoms with Crippen LogP contribution in [0.2, 0.25) is 0 Å². The first-order chi connectivity index (χ1) is 21.1. The topological polar surface area (TPSA) is 88.5 Å². The first kappa shape index (κ1) is 33.6. The number of carbonyl (C=O) groups is 4. The Morgan fingerprint density at radius 1 is 0.667 bits per heavy atom. The minimum Gasteiger partial charge on any atom is -0.481 e. The average Bonchev–Trinajstić information content (AvgIpc) is 3.01. The number of aliphatic carboxylic acids is 1. The zero-order chi connectivity index (χ0) is 32.9. The van der Waals surface area contributed by atoms with Crippen molar-refractivity contribution in [1.82, 2.24) is 0 Å². The molecule has 0 saturated heterocycles. The maximum atomic E-state index is 13.8. The van der Waals surface area contributed by atoms with E-state index in [0.717, 1.165) is 37.7 Å². The van der Waals surface area contributed by atoms with E-state index in [1.165, 1.54) is 24.3 Å². The molecule has 11 heteroatoms. The van der Waals surface area contributed by atoms with Gasteiger partial charge in [-0.15, -0.1) is 0 Å². The van der Waals surface area contributed by atoms with Gasteiger partial charge < -0.3 is 5.11 Å². The van der Waals surface area contributed by atoms with Crippen LogP contribution >= 0.6 is 0 Å². The summed E-state index contributed by atoms with van der Waals surface area (Å²) in [6.07, 6.45) is -6.36. The van der Waals surface area contributed by atoms with E-state index in [4.69, 9.17) is 5.11 Å². The molecule has 1 aliphatic rings. The molecule has 3 aromatic carbocycles. The van der Waals surface area contributed by atoms with E-state index in [-0.39, 0.29) is 30.0 Å². The largest absolute Gasteiger partial charge is 0.481 e. The van der Waals surface area contributed by atoms with Gasteiger partial charge in [0.05, 0.1) is 23.5 Å². The van der Waals surface area contributed by atoms with Crippen molar-refractivity contribution < 1.29 is 50.6 Å². The Labute approximate surface area is 255 Å². The number of alkyl halides is 6. The summed E-state index contributed by atoms with van der Waals surface area (Å²) in [7, 11) is 0. The van der Waals surface area contributed by atoms with Crippen molar-refractivity contribution in [2.45, 2.75) is 75.6 Å². The third-order valence-electron chi connectivity index (χ3n) is 8.09. The van der Waals surface area contributed by atoms with Crippen molar-refractivity contribution in [1.29, 1.82) is 0 Å². The Morgan fingerprint density at radius 2 is 1.20 bits per heavy atom. The van der Waals surface area contributed by atoms with Crippen LogP contribution in [0.1, 0.15) is 117 Å². The number of Topliss-reactive ketones (excluding diaryl/α,β-unsaturated/α-hetero) is 3. The van der Waals surface area contributed by atoms with Gasteiger partial charge in [0.15, 0.2) is 17.3 Å². The molecule has 1 aliphatic carbocycles. The molecule has 1 unspecified atom stereocenters. The molecular formula is C34H30F6O5. The number of carboxylic acids is 1. The standard InChI is InChI=1S/C34H30F6O5/c35-33(36,37)26-16-25(17-27(18-26)34(38,39)40)30(42)19-28(22-8-6-21(7-9-22)20-4-2-1-3-5-20)32(45)24-12-10-23(11-13-24)29(41)14-15-31(43)44/h6-13,16-18,20,28H,1-5,14-15,19H2,(H,43,44). The van der Waals surface area contributed by atoms with Crippen molar-refractivity contribution in [2.24, 2.45) is 0 Å². The normalized spacial score (nSPS) is 15.0. The van der Waals surface area contributed by atoms with E-state index in [1.807, 2.05) is 12.1 Å². The first-order valence-corrected chi connectivity index (χ1v) is 14.5. The number of hydrogen-bond donors (Lipinski definition) is 1. The Hall–Kier alpha value is -4.28. The van der Waals surface area contributed by atoms with Crippen LogP contribution in [0.25, 0.3) is 0 Å². The number of carboxylic acid groups (broad SMARTS) is 1. The predicted molar refractivity (Wildman–Crippen MR) is 152 cm³/mol. The van der Waals surface area contributed by atoms with Crippen molar-refractivity contribution in [3.63, 3.8) is 0 Å². The van der Waals surface area contributed by atoms with Gasteiger partial charge in [0, 0.05) is 29.5 Å². The van der Waals surface area contributed by atoms with Crippen LogP contribution in [-0.2, 0) is 17.1 Å². The van der Waals surface area contributed by atoms with E-state index in [2.05, 4.69) is 0 Å². The fraction of sp³-hybridized carbons (Fsp3) is 0.353. The molecule has 45 heavy (non-hydrogen) atoms. The number of rotatable bonds is 11. The summed E-state index contributed by atoms with van der Waals surface area (Å²) in [4.78, 5) is 50.2. The monoisotopic (exact) mass is 632 g/mol. The Morgan fingerprint density at radius 3 is 1.71 bits per heavy atom. The summed E-state index contributed by atoms with van der Waals surface area (Å²) < 4.78 is 80.8. The van der Waals surface area contributed by atoms with Crippen molar-refractivity contribution in [2.75, 3.05) is 0 Å². The molecule has 1 N–H and O–H groups in total. The third-order valence-corrected chi connectivity index (χ3v) is 8.09. The van der Waals surface area contributed by atoms with Crippen LogP contribution in [0.15, 0.2) is 66.7 Å². The SMILES string of the molecule is O=C(O)CCC(=O)c1ccc(C(=O)C(CC(=O)c2cc(C(F)(F)F)cc(C(F)(F)F)c2)c2ccc(C3CCCCC3)cc2)cc1. The number of carbonyl (C=O) groups excluding carboxylic acids is 3. The summed E-state index contributed by atoms with van der Waals surface area (Å²) in [5.41, 5.74) is -2.49. The molecule has 0 heterocycles. The number of benzene rings is 3. The second kappa shape index (κ2) is 13.8. The number of hydrogen-bond acceptors (Lipinski definition) is 4. The highest BCUT2D eigenvalue weighted by Crippen LogP contribution is 2.38. The maximum Gasteiger partial charge on any atom is 0.416 e. The van der Waals surface area contributed by atoms with Crippen LogP contribution < -0.4 is 0 Å². The molecule has 1 fully saturated rings. The lowest BCUT2D eigenvalue weighted by Gasteiger charge is -2.23. The van der Waals surface area contributed by atoms with Crippen LogP contribution in [0, 0.1) is 0 Å². The van der Waals surface area contributed by atoms with Gasteiger partial charge in [-0.1, -0.05) is 67.8 Å². The van der Waals surface area contributed by atoms with E-state index >= 15 is 0 Å². The van der Waals surface area contributed by atoms with Gasteiger partial charge in [-0.3, -0.25) is 19.2 Å². The third kappa shape index (κ3) is 8.67. The van der Waals surface area contributed by atoms with Crippen molar-refractivity contribution in [3.8, 4) is 0 Å². The van der Waals surface area contributed by atoms with Gasteiger partial charge in [-0.25, -0.2) is 0 Å². The highest BCUT2D eigenvalue weighted by atomic mass is 19.4. The van der Waals surface area contributed by atoms with Gasteiger partial charge in [-0.05, 0) is 48.1 Å². The van der Waals surface area contributed by atoms with Crippen LogP contribution in [0.5, 0.6) is 0 Å². The van der Waals surface area contributed by atoms with E-state index in [1.54, 1.807) is 12.1 Å². The maximum absolute atomic E-state index is 13.8. The lowest BCUT2D eigenvalue weighted by Crippen LogP contribution is -2.19. The molecule has 4 rings (SSSR count). The minimum absolute atomic E-state index is 0.0546. The second-order valence-corrected chi connectivity index (χ2v) is 11.2. The van der Waals surface area contributed by atoms with Gasteiger partial charge >= 0.3 is 18.3 Å². The summed E-state index contributed by atoms with van der Waals surface area (Å²) >= 11 is 0. The van der Waals surface area contributed by atoms with Gasteiger partial charge in [0.1, 0.15) is 0 Å². The molecule has 0 amide bonds. The van der Waals surface area contributed by atoms with Crippen LogP contribution in [-0.4, -0.2) is 28.4 Å². The van der Waals surface area contributed by atoms with Gasteiger partial charge in [-0.2, -0.15) is 26.3 Å². The first-order valence-electron chi connectivity index (χ1n) is 14.5. The molecule has 5 nitrogen and oxygen atoms in total. The smallest absolute Gasteiger partial charge is 0.416 e. The van der Waals surface area contributed by atoms with Crippen LogP contribution in [0.4, 0.5) is 26.3 Å². The van der Waals surface area contributed by atoms with E-state index in [0.29, 0.717) is 23.6 Å². The van der Waals surface area contributed by atoms with E-state index in [9.17, 15) is 45.5 Å². The molecule has 0 spiro atoms. The molecule has 1 atom stereocenters. The summed E-state index contributed by atoms with van der Waals surface area (Å²) in [6.45, 7) is 0. The Balaban J connectivity index is 1.68. The molecule has 0 aliphatic heterocycles. The predicted octanol–water partition coefficient (Wildman–Crippen LogP) is 9.06. The van der Waals surface area contributed by atoms with Crippen LogP contribution in [0.3, 0.4) is 0 Å². The number of ketones is 3. The molecular weight excluding hydrogens is 602 g/mol. The summed E-state index contributed by atoms with van der Waals surface area (Å²) in [5, 5.41) is 8.81. The zero-order valence-corrected chi connectivity index (χ0v) is 24.0. The molecule has 1 saturated carbocycles. The molecule has 238 valence electrons. The lowest BCUT2D eigenvalue weighted by atomic mass is 9.81. The summed E-state index contributed by atoms with van der Waals surface area (Å²) in [6, 6.07) is 12.9. The molecule has 0 aromatic heterocycles. The quantitative estimate of drug-likeness (QED) is 0.168. The number of halogens is 6. The van der Waals surface area contributed by atoms with Gasteiger partial charge in [0.25, 0.3) is 0 Å². The van der Waals surface area contributed by atoms with Gasteiger partial charge in [0.2, 0.25) is 0 Å². The van der Waals surface area contributed by atoms with E-state index < -0.39 is 64.7 Å². The lowest BCUT2D eigenvalue weighted by molar-refractivity contribution is -0.143. The molecule has 3 aromatic rings. The van der Waals surface area contributed by atoms with Crippen molar-refractivity contribution >= 4 is 23.3 Å². The zero-order valence-electron chi connectivity index (χ0n) is 24.0. The fourth-order valence-corrected chi connectivity index (χ4v) is 5.60. The average molecular weight is 633 g/mol. The molecule has 0 radical (unpaired) electrons. The highest BCUT2D eigenvalue weighted by molar-refractivity contribution is 6.07. The molecule has 0 bridgehead atoms. The minimum atomic E-state index is -5.15. The Kier molecular flexibility index (Phi) is 10.3. The fourth-order valence-electron chi connectivity index (χ4n) is 5.60. The Bertz CT molecular complexity index is 1520. The second-order valence-electron chi connectivity index (χ2n) is 11.2. The highest BCUT2D eigenvalue weighted by Gasteiger charge is 2.38. The summed E-state index contributed by atoms with van der Waals surface area (Å²) in [5.74, 6) is -4.26. The van der Waals surface area contributed by atoms with Crippen molar-refractivity contribution in [3.05, 3.63) is 106 Å².